The molecule has 4 aromatic rings. The molecule has 6 rings (SSSR count). The van der Waals surface area contributed by atoms with E-state index in [1.807, 2.05) is 0 Å². The number of hydrogen-bond donors (Lipinski definition) is 0. The maximum atomic E-state index is 2.54. The Labute approximate surface area is 350 Å². The van der Waals surface area contributed by atoms with Crippen LogP contribution in [0, 0.1) is 0 Å². The van der Waals surface area contributed by atoms with Crippen molar-refractivity contribution in [2.45, 2.75) is 137 Å². The molecule has 0 nitrogen and oxygen atoms in total. The van der Waals surface area contributed by atoms with Gasteiger partial charge in [0.1, 0.15) is 0 Å². The van der Waals surface area contributed by atoms with Crippen LogP contribution in [0.2, 0.25) is 36.3 Å². The Bertz CT molecular complexity index is 1970. The first-order chi connectivity index (χ1) is 25.2. The molecule has 0 aliphatic heterocycles. The molecule has 0 saturated carbocycles. The first-order valence-electron chi connectivity index (χ1n) is 20.9. The van der Waals surface area contributed by atoms with Crippen molar-refractivity contribution in [3.63, 3.8) is 0 Å². The fourth-order valence-electron chi connectivity index (χ4n) is 9.74. The van der Waals surface area contributed by atoms with Gasteiger partial charge in [-0.1, -0.05) is 227 Å². The third-order valence-electron chi connectivity index (χ3n) is 13.8. The maximum Gasteiger partial charge on any atom is 0.0859 e. The quantitative estimate of drug-likeness (QED) is 0.116. The Balaban J connectivity index is 0.00000561. The summed E-state index contributed by atoms with van der Waals surface area (Å²) in [6.45, 7) is 28.7. The maximum absolute atomic E-state index is 2.54. The number of allylic oxidation sites excluding steroid dienone is 5. The molecule has 0 N–H and O–H groups in total. The molecule has 0 fully saturated rings. The van der Waals surface area contributed by atoms with Crippen molar-refractivity contribution in [1.29, 1.82) is 0 Å². The van der Waals surface area contributed by atoms with E-state index in [0.717, 1.165) is 6.42 Å². The van der Waals surface area contributed by atoms with Crippen molar-refractivity contribution >= 4 is 37.7 Å². The largest absolute Gasteiger partial charge is 0.0859 e. The molecule has 2 aliphatic rings. The first kappa shape index (κ1) is 42.5. The Kier molecular flexibility index (Phi) is 13.0. The Hall–Kier alpha value is -2.60. The molecule has 0 aromatic heterocycles. The molecule has 282 valence electrons. The van der Waals surface area contributed by atoms with E-state index in [9.17, 15) is 0 Å². The zero-order chi connectivity index (χ0) is 38.3. The van der Waals surface area contributed by atoms with Gasteiger partial charge in [0.05, 0.1) is 16.1 Å². The first-order valence-corrected chi connectivity index (χ1v) is 26.1. The Morgan fingerprint density at radius 2 is 1.04 bits per heavy atom. The zero-order valence-electron chi connectivity index (χ0n) is 35.7. The van der Waals surface area contributed by atoms with Gasteiger partial charge in [-0.05, 0) is 84.0 Å². The van der Waals surface area contributed by atoms with Gasteiger partial charge in [-0.3, -0.25) is 0 Å². The molecule has 0 saturated heterocycles. The van der Waals surface area contributed by atoms with Crippen LogP contribution in [-0.4, -0.2) is 16.1 Å². The van der Waals surface area contributed by atoms with Gasteiger partial charge in [0.2, 0.25) is 0 Å². The van der Waals surface area contributed by atoms with Gasteiger partial charge in [-0.2, -0.15) is 0 Å². The molecule has 0 spiro atoms. The SMILES string of the molecule is CC[Si](CC)(CC)c1ccc(C(=C2C=CC=C2c2cc(C(C)(C)C)cc3c2Cc2c-3cccc2C(C)(C)C)c2ccc([Si](CC)(CC)CC)cc2)cc1.[Hf]. The van der Waals surface area contributed by atoms with Crippen molar-refractivity contribution in [2.24, 2.45) is 0 Å². The van der Waals surface area contributed by atoms with Gasteiger partial charge in [-0.15, -0.1) is 0 Å². The fourth-order valence-corrected chi connectivity index (χ4v) is 16.9. The summed E-state index contributed by atoms with van der Waals surface area (Å²) in [7, 11) is -2.98. The third kappa shape index (κ3) is 7.60. The van der Waals surface area contributed by atoms with E-state index in [0.29, 0.717) is 0 Å². The Morgan fingerprint density at radius 3 is 1.48 bits per heavy atom. The second-order valence-corrected chi connectivity index (χ2v) is 28.6. The standard InChI is InChI=1S/C51H66Si2.Hf/c1-13-52(14-2,15-3)39-29-25-36(26-30-39)49(37-27-31-40(32-28-37)53(16-4,17-5)18-6)43-23-19-21-41(43)44-33-38(50(7,8)9)34-45-42-22-20-24-48(51(10,11)12)47(42)35-46(44)45;/h19-34H,13-18,35H2,1-12H3;. The average molecular weight is 914 g/mol. The molecule has 0 radical (unpaired) electrons. The summed E-state index contributed by atoms with van der Waals surface area (Å²) >= 11 is 0. The van der Waals surface area contributed by atoms with Crippen molar-refractivity contribution in [2.75, 3.05) is 0 Å². The summed E-state index contributed by atoms with van der Waals surface area (Å²) in [5.74, 6) is 0. The number of rotatable bonds is 11. The molecule has 0 atom stereocenters. The van der Waals surface area contributed by atoms with E-state index in [1.54, 1.807) is 10.4 Å². The summed E-state index contributed by atoms with van der Waals surface area (Å²) in [5, 5.41) is 3.22. The van der Waals surface area contributed by atoms with Crippen LogP contribution in [0.15, 0.2) is 103 Å². The van der Waals surface area contributed by atoms with Gasteiger partial charge >= 0.3 is 0 Å². The van der Waals surface area contributed by atoms with Crippen LogP contribution < -0.4 is 10.4 Å². The van der Waals surface area contributed by atoms with E-state index < -0.39 is 16.1 Å². The predicted octanol–water partition coefficient (Wildman–Crippen LogP) is 13.7. The van der Waals surface area contributed by atoms with Gasteiger partial charge in [0.25, 0.3) is 0 Å². The second kappa shape index (κ2) is 16.5. The van der Waals surface area contributed by atoms with E-state index in [1.165, 1.54) is 103 Å². The molecule has 0 unspecified atom stereocenters. The molecule has 2 aliphatic carbocycles. The smallest absolute Gasteiger partial charge is 0.0675 e. The zero-order valence-corrected chi connectivity index (χ0v) is 41.3. The van der Waals surface area contributed by atoms with E-state index in [2.05, 4.69) is 180 Å². The minimum atomic E-state index is -1.49. The molecule has 0 heterocycles. The van der Waals surface area contributed by atoms with Crippen LogP contribution >= 0.6 is 0 Å². The summed E-state index contributed by atoms with van der Waals surface area (Å²) in [6, 6.07) is 39.7. The third-order valence-corrected chi connectivity index (χ3v) is 25.0. The van der Waals surface area contributed by atoms with Gasteiger partial charge < -0.3 is 0 Å². The minimum absolute atomic E-state index is 0. The van der Waals surface area contributed by atoms with Crippen molar-refractivity contribution in [3.8, 4) is 11.1 Å². The minimum Gasteiger partial charge on any atom is -0.0675 e. The molecular formula is C51H66HfSi2. The van der Waals surface area contributed by atoms with Crippen molar-refractivity contribution < 1.29 is 25.8 Å². The van der Waals surface area contributed by atoms with Crippen LogP contribution in [0.5, 0.6) is 0 Å². The van der Waals surface area contributed by atoms with E-state index in [-0.39, 0.29) is 36.7 Å². The normalized spacial score (nSPS) is 14.1. The summed E-state index contributed by atoms with van der Waals surface area (Å²) in [6.07, 6.45) is 8.09. The topological polar surface area (TPSA) is 0 Å². The summed E-state index contributed by atoms with van der Waals surface area (Å²) < 4.78 is 0. The molecular weight excluding hydrogens is 847 g/mol. The fraction of sp³-hybridized carbons (Fsp3) is 0.412. The Morgan fingerprint density at radius 1 is 0.556 bits per heavy atom. The number of benzene rings is 4. The van der Waals surface area contributed by atoms with Crippen LogP contribution in [0.25, 0.3) is 22.3 Å². The molecule has 4 aromatic carbocycles. The van der Waals surface area contributed by atoms with Gasteiger partial charge in [0.15, 0.2) is 0 Å². The monoisotopic (exact) mass is 914 g/mol. The molecule has 0 bridgehead atoms. The molecule has 0 amide bonds. The van der Waals surface area contributed by atoms with Crippen molar-refractivity contribution in [1.82, 2.24) is 0 Å². The van der Waals surface area contributed by atoms with Crippen LogP contribution in [0.3, 0.4) is 0 Å². The van der Waals surface area contributed by atoms with Gasteiger partial charge in [-0.25, -0.2) is 0 Å². The van der Waals surface area contributed by atoms with E-state index in [4.69, 9.17) is 0 Å². The van der Waals surface area contributed by atoms with Crippen LogP contribution in [0.4, 0.5) is 0 Å². The summed E-state index contributed by atoms with van der Waals surface area (Å²) in [5.41, 5.74) is 17.0. The number of hydrogen-bond acceptors (Lipinski definition) is 0. The average Bonchev–Trinajstić information content (AvgIpc) is 3.79. The second-order valence-electron chi connectivity index (χ2n) is 18.1. The molecule has 54 heavy (non-hydrogen) atoms. The molecule has 3 heteroatoms. The van der Waals surface area contributed by atoms with Gasteiger partial charge in [0, 0.05) is 25.8 Å². The summed E-state index contributed by atoms with van der Waals surface area (Å²) in [4.78, 5) is 0. The van der Waals surface area contributed by atoms with Crippen LogP contribution in [-0.2, 0) is 43.1 Å². The number of fused-ring (bicyclic) bond motifs is 3. The van der Waals surface area contributed by atoms with Crippen LogP contribution in [0.1, 0.15) is 122 Å². The predicted molar refractivity (Wildman–Crippen MR) is 242 cm³/mol. The van der Waals surface area contributed by atoms with E-state index >= 15 is 0 Å². The van der Waals surface area contributed by atoms with Crippen molar-refractivity contribution in [3.05, 3.63) is 142 Å².